The van der Waals surface area contributed by atoms with Gasteiger partial charge in [-0.25, -0.2) is 9.37 Å². The summed E-state index contributed by atoms with van der Waals surface area (Å²) in [6.07, 6.45) is 4.63. The molecule has 0 saturated carbocycles. The summed E-state index contributed by atoms with van der Waals surface area (Å²) < 4.78 is 15.0. The summed E-state index contributed by atoms with van der Waals surface area (Å²) >= 11 is 0. The van der Waals surface area contributed by atoms with Crippen LogP contribution in [0.15, 0.2) is 49.1 Å². The number of para-hydroxylation sites is 2. The fourth-order valence-corrected chi connectivity index (χ4v) is 1.88. The Bertz CT molecular complexity index is 660. The van der Waals surface area contributed by atoms with Crippen LogP contribution in [-0.4, -0.2) is 14.5 Å². The lowest BCUT2D eigenvalue weighted by Crippen LogP contribution is -1.98. The van der Waals surface area contributed by atoms with Gasteiger partial charge in [-0.05, 0) is 23.8 Å². The molecule has 17 heavy (non-hydrogen) atoms. The summed E-state index contributed by atoms with van der Waals surface area (Å²) in [5.41, 5.74) is 2.81. The van der Waals surface area contributed by atoms with Crippen LogP contribution in [0.25, 0.3) is 11.0 Å². The summed E-state index contributed by atoms with van der Waals surface area (Å²) in [5, 5.41) is 0. The van der Waals surface area contributed by atoms with Crippen molar-refractivity contribution < 1.29 is 4.39 Å². The maximum absolute atomic E-state index is 13.0. The van der Waals surface area contributed by atoms with E-state index in [4.69, 9.17) is 0 Å². The Morgan fingerprint density at radius 1 is 1.18 bits per heavy atom. The van der Waals surface area contributed by atoms with Crippen LogP contribution in [0.3, 0.4) is 0 Å². The highest BCUT2D eigenvalue weighted by Crippen LogP contribution is 2.13. The maximum Gasteiger partial charge on any atom is 0.141 e. The lowest BCUT2D eigenvalue weighted by Gasteiger charge is -2.03. The van der Waals surface area contributed by atoms with Gasteiger partial charge in [-0.3, -0.25) is 4.98 Å². The van der Waals surface area contributed by atoms with Crippen molar-refractivity contribution in [3.05, 3.63) is 60.4 Å². The molecule has 0 bridgehead atoms. The van der Waals surface area contributed by atoms with Gasteiger partial charge in [0.15, 0.2) is 0 Å². The second kappa shape index (κ2) is 3.97. The molecule has 0 aliphatic heterocycles. The van der Waals surface area contributed by atoms with Gasteiger partial charge in [0.25, 0.3) is 0 Å². The molecule has 0 aliphatic carbocycles. The maximum atomic E-state index is 13.0. The van der Waals surface area contributed by atoms with Gasteiger partial charge in [0.1, 0.15) is 5.82 Å². The Hall–Kier alpha value is -2.23. The zero-order valence-electron chi connectivity index (χ0n) is 9.05. The smallest absolute Gasteiger partial charge is 0.141 e. The van der Waals surface area contributed by atoms with Crippen LogP contribution in [0.5, 0.6) is 0 Å². The highest BCUT2D eigenvalue weighted by Gasteiger charge is 2.03. The molecule has 2 aromatic heterocycles. The average Bonchev–Trinajstić information content (AvgIpc) is 2.73. The number of benzene rings is 1. The first-order valence-electron chi connectivity index (χ1n) is 5.32. The number of imidazole rings is 1. The van der Waals surface area contributed by atoms with Gasteiger partial charge in [-0.2, -0.15) is 0 Å². The summed E-state index contributed by atoms with van der Waals surface area (Å²) in [5.74, 6) is -0.313. The molecule has 3 rings (SSSR count). The van der Waals surface area contributed by atoms with Gasteiger partial charge in [0, 0.05) is 6.20 Å². The molecule has 1 aromatic carbocycles. The molecule has 0 saturated heterocycles. The quantitative estimate of drug-likeness (QED) is 0.673. The number of rotatable bonds is 2. The second-order valence-corrected chi connectivity index (χ2v) is 3.87. The monoisotopic (exact) mass is 227 g/mol. The molecular formula is C13H10FN3. The zero-order valence-corrected chi connectivity index (χ0v) is 9.05. The molecular weight excluding hydrogens is 217 g/mol. The van der Waals surface area contributed by atoms with Crippen LogP contribution in [-0.2, 0) is 6.54 Å². The Morgan fingerprint density at radius 2 is 2.06 bits per heavy atom. The second-order valence-electron chi connectivity index (χ2n) is 3.87. The first kappa shape index (κ1) is 9.96. The molecule has 0 spiro atoms. The van der Waals surface area contributed by atoms with Crippen LogP contribution in [0.2, 0.25) is 0 Å². The van der Waals surface area contributed by atoms with E-state index in [2.05, 4.69) is 9.97 Å². The van der Waals surface area contributed by atoms with Crippen molar-refractivity contribution in [3.8, 4) is 0 Å². The number of nitrogens with zero attached hydrogens (tertiary/aromatic N) is 3. The molecule has 0 fully saturated rings. The molecule has 0 aliphatic rings. The Kier molecular flexibility index (Phi) is 2.33. The third-order valence-electron chi connectivity index (χ3n) is 2.64. The summed E-state index contributed by atoms with van der Waals surface area (Å²) in [7, 11) is 0. The molecule has 3 aromatic rings. The Morgan fingerprint density at radius 3 is 2.94 bits per heavy atom. The number of hydrogen-bond donors (Lipinski definition) is 0. The van der Waals surface area contributed by atoms with E-state index in [-0.39, 0.29) is 5.82 Å². The number of halogens is 1. The minimum Gasteiger partial charge on any atom is -0.326 e. The van der Waals surface area contributed by atoms with Gasteiger partial charge in [-0.15, -0.1) is 0 Å². The molecule has 3 nitrogen and oxygen atoms in total. The third-order valence-corrected chi connectivity index (χ3v) is 2.64. The van der Waals surface area contributed by atoms with Crippen LogP contribution >= 0.6 is 0 Å². The highest BCUT2D eigenvalue weighted by molar-refractivity contribution is 5.75. The topological polar surface area (TPSA) is 30.7 Å². The molecule has 4 heteroatoms. The average molecular weight is 227 g/mol. The van der Waals surface area contributed by atoms with Crippen molar-refractivity contribution in [2.45, 2.75) is 6.54 Å². The van der Waals surface area contributed by atoms with E-state index in [0.29, 0.717) is 6.54 Å². The van der Waals surface area contributed by atoms with Crippen LogP contribution < -0.4 is 0 Å². The zero-order chi connectivity index (χ0) is 11.7. The van der Waals surface area contributed by atoms with E-state index < -0.39 is 0 Å². The largest absolute Gasteiger partial charge is 0.326 e. The van der Waals surface area contributed by atoms with Crippen molar-refractivity contribution in [3.63, 3.8) is 0 Å². The number of aromatic nitrogens is 3. The van der Waals surface area contributed by atoms with Gasteiger partial charge >= 0.3 is 0 Å². The Labute approximate surface area is 97.6 Å². The van der Waals surface area contributed by atoms with Gasteiger partial charge in [0.2, 0.25) is 0 Å². The predicted octanol–water partition coefficient (Wildman–Crippen LogP) is 2.62. The van der Waals surface area contributed by atoms with Crippen LogP contribution in [0.1, 0.15) is 5.56 Å². The van der Waals surface area contributed by atoms with Gasteiger partial charge in [-0.1, -0.05) is 12.1 Å². The van der Waals surface area contributed by atoms with E-state index in [1.807, 2.05) is 28.8 Å². The molecule has 84 valence electrons. The Balaban J connectivity index is 2.00. The van der Waals surface area contributed by atoms with E-state index in [1.165, 1.54) is 12.3 Å². The molecule has 0 amide bonds. The van der Waals surface area contributed by atoms with Crippen LogP contribution in [0, 0.1) is 5.82 Å². The lowest BCUT2D eigenvalue weighted by atomic mass is 10.2. The molecule has 0 N–H and O–H groups in total. The minimum absolute atomic E-state index is 0.313. The number of hydrogen-bond acceptors (Lipinski definition) is 2. The third kappa shape index (κ3) is 1.89. The summed E-state index contributed by atoms with van der Waals surface area (Å²) in [6.45, 7) is 0.575. The first-order valence-corrected chi connectivity index (χ1v) is 5.32. The van der Waals surface area contributed by atoms with E-state index in [1.54, 1.807) is 12.5 Å². The van der Waals surface area contributed by atoms with Crippen molar-refractivity contribution >= 4 is 11.0 Å². The van der Waals surface area contributed by atoms with Crippen molar-refractivity contribution in [2.24, 2.45) is 0 Å². The van der Waals surface area contributed by atoms with Crippen molar-refractivity contribution in [1.82, 2.24) is 14.5 Å². The molecule has 0 atom stereocenters. The fourth-order valence-electron chi connectivity index (χ4n) is 1.88. The first-order chi connectivity index (χ1) is 8.33. The minimum atomic E-state index is -0.313. The SMILES string of the molecule is Fc1cncc(Cn2cnc3ccccc32)c1. The summed E-state index contributed by atoms with van der Waals surface area (Å²) in [4.78, 5) is 8.12. The van der Waals surface area contributed by atoms with E-state index in [0.717, 1.165) is 16.6 Å². The highest BCUT2D eigenvalue weighted by atomic mass is 19.1. The lowest BCUT2D eigenvalue weighted by molar-refractivity contribution is 0.616. The standard InChI is InChI=1S/C13H10FN3/c14-11-5-10(6-15-7-11)8-17-9-16-12-3-1-2-4-13(12)17/h1-7,9H,8H2. The van der Waals surface area contributed by atoms with E-state index >= 15 is 0 Å². The number of fused-ring (bicyclic) bond motifs is 1. The van der Waals surface area contributed by atoms with Crippen molar-refractivity contribution in [2.75, 3.05) is 0 Å². The molecule has 0 radical (unpaired) electrons. The van der Waals surface area contributed by atoms with Gasteiger partial charge < -0.3 is 4.57 Å². The van der Waals surface area contributed by atoms with E-state index in [9.17, 15) is 4.39 Å². The summed E-state index contributed by atoms with van der Waals surface area (Å²) in [6, 6.07) is 9.35. The van der Waals surface area contributed by atoms with Crippen LogP contribution in [0.4, 0.5) is 4.39 Å². The molecule has 2 heterocycles. The van der Waals surface area contributed by atoms with Gasteiger partial charge in [0.05, 0.1) is 30.1 Å². The normalized spacial score (nSPS) is 10.9. The predicted molar refractivity (Wildman–Crippen MR) is 63.0 cm³/mol. The molecule has 0 unspecified atom stereocenters. The number of pyridine rings is 1. The fraction of sp³-hybridized carbons (Fsp3) is 0.0769. The van der Waals surface area contributed by atoms with Crippen molar-refractivity contribution in [1.29, 1.82) is 0 Å².